The standard InChI is InChI=1S/C19H32N4S.HI/c1-19(2,24-4)15-22-18(20-3)21-13-16-7-9-17(10-8-16)14-23-11-5-6-12-23;/h7-10H,5-6,11-15H2,1-4H3,(H2,20,21,22);1H. The zero-order valence-corrected chi connectivity index (χ0v) is 19.1. The topological polar surface area (TPSA) is 39.7 Å². The van der Waals surface area contributed by atoms with Crippen LogP contribution in [0.25, 0.3) is 0 Å². The van der Waals surface area contributed by atoms with Gasteiger partial charge in [0, 0.05) is 31.4 Å². The van der Waals surface area contributed by atoms with E-state index < -0.39 is 0 Å². The van der Waals surface area contributed by atoms with Gasteiger partial charge in [-0.25, -0.2) is 0 Å². The highest BCUT2D eigenvalue weighted by molar-refractivity contribution is 14.0. The van der Waals surface area contributed by atoms with Crippen molar-refractivity contribution in [1.82, 2.24) is 15.5 Å². The van der Waals surface area contributed by atoms with Crippen LogP contribution in [-0.2, 0) is 13.1 Å². The zero-order chi connectivity index (χ0) is 17.4. The largest absolute Gasteiger partial charge is 0.355 e. The molecule has 142 valence electrons. The first-order valence-corrected chi connectivity index (χ1v) is 10.0. The lowest BCUT2D eigenvalue weighted by Crippen LogP contribution is -2.42. The molecule has 25 heavy (non-hydrogen) atoms. The van der Waals surface area contributed by atoms with Crippen LogP contribution in [0.2, 0.25) is 0 Å². The minimum atomic E-state index is 0. The van der Waals surface area contributed by atoms with Crippen molar-refractivity contribution in [2.45, 2.75) is 44.5 Å². The minimum Gasteiger partial charge on any atom is -0.355 e. The zero-order valence-electron chi connectivity index (χ0n) is 16.0. The fourth-order valence-electron chi connectivity index (χ4n) is 2.74. The van der Waals surface area contributed by atoms with E-state index in [0.717, 1.165) is 25.6 Å². The second-order valence-corrected chi connectivity index (χ2v) is 8.56. The summed E-state index contributed by atoms with van der Waals surface area (Å²) >= 11 is 1.86. The van der Waals surface area contributed by atoms with E-state index in [0.29, 0.717) is 0 Å². The first-order chi connectivity index (χ1) is 11.5. The molecule has 1 aromatic rings. The molecule has 0 aromatic heterocycles. The van der Waals surface area contributed by atoms with E-state index in [-0.39, 0.29) is 28.7 Å². The summed E-state index contributed by atoms with van der Waals surface area (Å²) < 4.78 is 0.203. The average Bonchev–Trinajstić information content (AvgIpc) is 3.09. The molecule has 0 radical (unpaired) electrons. The normalized spacial score (nSPS) is 15.8. The van der Waals surface area contributed by atoms with Crippen LogP contribution < -0.4 is 10.6 Å². The third kappa shape index (κ3) is 8.17. The SMILES string of the molecule is CN=C(NCc1ccc(CN2CCCC2)cc1)NCC(C)(C)SC.I. The van der Waals surface area contributed by atoms with E-state index >= 15 is 0 Å². The number of thioether (sulfide) groups is 1. The maximum atomic E-state index is 4.30. The summed E-state index contributed by atoms with van der Waals surface area (Å²) in [5, 5.41) is 6.80. The summed E-state index contributed by atoms with van der Waals surface area (Å²) in [4.78, 5) is 6.84. The molecule has 0 spiro atoms. The number of rotatable bonds is 7. The lowest BCUT2D eigenvalue weighted by atomic mass is 10.1. The molecule has 2 rings (SSSR count). The lowest BCUT2D eigenvalue weighted by molar-refractivity contribution is 0.331. The number of guanidine groups is 1. The first-order valence-electron chi connectivity index (χ1n) is 8.82. The molecule has 0 saturated carbocycles. The smallest absolute Gasteiger partial charge is 0.191 e. The van der Waals surface area contributed by atoms with Crippen LogP contribution in [0.5, 0.6) is 0 Å². The van der Waals surface area contributed by atoms with Crippen molar-refractivity contribution in [3.63, 3.8) is 0 Å². The fourth-order valence-corrected chi connectivity index (χ4v) is 2.95. The Balaban J connectivity index is 0.00000312. The summed E-state index contributed by atoms with van der Waals surface area (Å²) in [6, 6.07) is 8.94. The van der Waals surface area contributed by atoms with Crippen molar-refractivity contribution in [3.05, 3.63) is 35.4 Å². The Morgan fingerprint density at radius 2 is 1.72 bits per heavy atom. The molecule has 0 bridgehead atoms. The van der Waals surface area contributed by atoms with E-state index in [9.17, 15) is 0 Å². The van der Waals surface area contributed by atoms with Crippen LogP contribution in [-0.4, -0.2) is 48.5 Å². The van der Waals surface area contributed by atoms with Gasteiger partial charge in [0.05, 0.1) is 0 Å². The molecule has 1 aliphatic rings. The number of nitrogens with zero attached hydrogens (tertiary/aromatic N) is 2. The van der Waals surface area contributed by atoms with Crippen molar-refractivity contribution < 1.29 is 0 Å². The van der Waals surface area contributed by atoms with Gasteiger partial charge in [0.25, 0.3) is 0 Å². The van der Waals surface area contributed by atoms with Crippen molar-refractivity contribution >= 4 is 41.7 Å². The van der Waals surface area contributed by atoms with E-state index in [1.54, 1.807) is 0 Å². The van der Waals surface area contributed by atoms with Crippen LogP contribution in [0.15, 0.2) is 29.3 Å². The Kier molecular flexibility index (Phi) is 10.2. The summed E-state index contributed by atoms with van der Waals surface area (Å²) in [7, 11) is 1.82. The number of nitrogens with one attached hydrogen (secondary N) is 2. The number of aliphatic imine (C=N–C) groups is 1. The van der Waals surface area contributed by atoms with Gasteiger partial charge in [-0.15, -0.1) is 24.0 Å². The summed E-state index contributed by atoms with van der Waals surface area (Å²) in [6.07, 6.45) is 4.84. The quantitative estimate of drug-likeness (QED) is 0.358. The summed E-state index contributed by atoms with van der Waals surface area (Å²) in [6.45, 7) is 9.73. The van der Waals surface area contributed by atoms with Crippen LogP contribution in [0.4, 0.5) is 0 Å². The monoisotopic (exact) mass is 476 g/mol. The number of likely N-dealkylation sites (tertiary alicyclic amines) is 1. The van der Waals surface area contributed by atoms with E-state index in [1.165, 1.54) is 37.1 Å². The third-order valence-corrected chi connectivity index (χ3v) is 5.80. The first kappa shape index (κ1) is 22.6. The molecule has 0 atom stereocenters. The van der Waals surface area contributed by atoms with E-state index in [2.05, 4.69) is 64.9 Å². The Labute approximate surface area is 174 Å². The van der Waals surface area contributed by atoms with Gasteiger partial charge in [-0.1, -0.05) is 24.3 Å². The van der Waals surface area contributed by atoms with E-state index in [4.69, 9.17) is 0 Å². The molecule has 0 aliphatic carbocycles. The number of halogens is 1. The lowest BCUT2D eigenvalue weighted by Gasteiger charge is -2.23. The van der Waals surface area contributed by atoms with Crippen LogP contribution in [0, 0.1) is 0 Å². The Morgan fingerprint density at radius 1 is 1.12 bits per heavy atom. The van der Waals surface area contributed by atoms with Gasteiger partial charge in [0.1, 0.15) is 0 Å². The highest BCUT2D eigenvalue weighted by Crippen LogP contribution is 2.19. The predicted octanol–water partition coefficient (Wildman–Crippen LogP) is 3.71. The van der Waals surface area contributed by atoms with Crippen LogP contribution >= 0.6 is 35.7 Å². The van der Waals surface area contributed by atoms with E-state index in [1.807, 2.05) is 18.8 Å². The van der Waals surface area contributed by atoms with Crippen molar-refractivity contribution in [3.8, 4) is 0 Å². The second-order valence-electron chi connectivity index (χ2n) is 7.04. The molecule has 6 heteroatoms. The Morgan fingerprint density at radius 3 is 2.28 bits per heavy atom. The Hall–Kier alpha value is -0.470. The minimum absolute atomic E-state index is 0. The highest BCUT2D eigenvalue weighted by atomic mass is 127. The summed E-state index contributed by atoms with van der Waals surface area (Å²) in [5.74, 6) is 0.860. The second kappa shape index (κ2) is 11.3. The molecule has 0 unspecified atom stereocenters. The van der Waals surface area contributed by atoms with Gasteiger partial charge >= 0.3 is 0 Å². The van der Waals surface area contributed by atoms with Crippen LogP contribution in [0.3, 0.4) is 0 Å². The van der Waals surface area contributed by atoms with Gasteiger partial charge in [0.2, 0.25) is 0 Å². The fraction of sp³-hybridized carbons (Fsp3) is 0.632. The average molecular weight is 476 g/mol. The summed E-state index contributed by atoms with van der Waals surface area (Å²) in [5.41, 5.74) is 2.69. The van der Waals surface area contributed by atoms with Gasteiger partial charge in [-0.2, -0.15) is 11.8 Å². The molecule has 1 saturated heterocycles. The van der Waals surface area contributed by atoms with Crippen LogP contribution in [0.1, 0.15) is 37.8 Å². The molecule has 1 heterocycles. The molecule has 2 N–H and O–H groups in total. The molecule has 1 fully saturated rings. The molecule has 1 aromatic carbocycles. The molecular weight excluding hydrogens is 443 g/mol. The molecule has 4 nitrogen and oxygen atoms in total. The number of hydrogen-bond donors (Lipinski definition) is 2. The highest BCUT2D eigenvalue weighted by Gasteiger charge is 2.16. The molecular formula is C19H33IN4S. The third-order valence-electron chi connectivity index (χ3n) is 4.55. The van der Waals surface area contributed by atoms with Gasteiger partial charge in [0.15, 0.2) is 5.96 Å². The molecule has 1 aliphatic heterocycles. The van der Waals surface area contributed by atoms with Crippen molar-refractivity contribution in [2.24, 2.45) is 4.99 Å². The molecule has 0 amide bonds. The van der Waals surface area contributed by atoms with Crippen molar-refractivity contribution in [1.29, 1.82) is 0 Å². The van der Waals surface area contributed by atoms with Crippen molar-refractivity contribution in [2.75, 3.05) is 32.9 Å². The predicted molar refractivity (Wildman–Crippen MR) is 122 cm³/mol. The van der Waals surface area contributed by atoms with Gasteiger partial charge in [-0.05, 0) is 57.2 Å². The number of hydrogen-bond acceptors (Lipinski definition) is 3. The maximum Gasteiger partial charge on any atom is 0.191 e. The maximum absolute atomic E-state index is 4.30. The van der Waals surface area contributed by atoms with Gasteiger partial charge in [-0.3, -0.25) is 9.89 Å². The Bertz CT molecular complexity index is 525. The number of benzene rings is 1. The van der Waals surface area contributed by atoms with Gasteiger partial charge < -0.3 is 10.6 Å².